The Bertz CT molecular complexity index is 282. The second kappa shape index (κ2) is 2.79. The molecule has 11 heavy (non-hydrogen) atoms. The van der Waals surface area contributed by atoms with Gasteiger partial charge in [0.1, 0.15) is 0 Å². The van der Waals surface area contributed by atoms with Crippen LogP contribution in [0, 0.1) is 0 Å². The number of ether oxygens (including phenoxy) is 1. The highest BCUT2D eigenvalue weighted by Gasteiger charge is 2.19. The summed E-state index contributed by atoms with van der Waals surface area (Å²) < 4.78 is 8.97. The van der Waals surface area contributed by atoms with Crippen molar-refractivity contribution in [3.05, 3.63) is 10.7 Å². The Morgan fingerprint density at radius 3 is 2.73 bits per heavy atom. The Labute approximate surface area is 66.5 Å². The van der Waals surface area contributed by atoms with Gasteiger partial charge in [-0.2, -0.15) is 0 Å². The van der Waals surface area contributed by atoms with Crippen molar-refractivity contribution in [3.8, 4) is 5.95 Å². The van der Waals surface area contributed by atoms with Crippen molar-refractivity contribution in [2.24, 2.45) is 0 Å². The van der Waals surface area contributed by atoms with Crippen LogP contribution in [0.3, 0.4) is 0 Å². The number of rotatable bonds is 2. The maximum atomic E-state index is 10.3. The summed E-state index contributed by atoms with van der Waals surface area (Å²) >= 11 is 5.46. The zero-order valence-corrected chi connectivity index (χ0v) is 6.25. The summed E-state index contributed by atoms with van der Waals surface area (Å²) in [4.78, 5) is 10.3. The number of carboxylic acid groups (broad SMARTS) is 1. The largest absolute Gasteiger partial charge is 0.476 e. The first kappa shape index (κ1) is 7.87. The minimum Gasteiger partial charge on any atom is -0.476 e. The third kappa shape index (κ3) is 1.27. The second-order valence-corrected chi connectivity index (χ2v) is 2.02. The van der Waals surface area contributed by atoms with Crippen LogP contribution in [0.2, 0.25) is 5.02 Å². The number of hydrogen-bond acceptors (Lipinski definition) is 4. The molecule has 60 valence electrons. The average Bonchev–Trinajstić information content (AvgIpc) is 2.30. The number of methoxy groups -OCH3 is 1. The van der Waals surface area contributed by atoms with Crippen LogP contribution in [0.4, 0.5) is 0 Å². The van der Waals surface area contributed by atoms with Crippen LogP contribution in [0.25, 0.3) is 0 Å². The molecular weight excluding hydrogens is 174 g/mol. The molecule has 0 aromatic carbocycles. The lowest BCUT2D eigenvalue weighted by molar-refractivity contribution is 0.0685. The van der Waals surface area contributed by atoms with Crippen molar-refractivity contribution in [1.82, 2.24) is 5.16 Å². The molecule has 0 aliphatic rings. The zero-order chi connectivity index (χ0) is 8.43. The Balaban J connectivity index is 3.10. The number of carboxylic acids is 1. The molecule has 6 heteroatoms. The van der Waals surface area contributed by atoms with Crippen LogP contribution in [0.15, 0.2) is 4.52 Å². The number of hydrogen-bond donors (Lipinski definition) is 1. The molecule has 1 aromatic rings. The van der Waals surface area contributed by atoms with Gasteiger partial charge in [-0.25, -0.2) is 4.79 Å². The molecule has 1 aromatic heterocycles. The number of carbonyl (C=O) groups is 1. The Morgan fingerprint density at radius 2 is 2.45 bits per heavy atom. The molecule has 0 unspecified atom stereocenters. The quantitative estimate of drug-likeness (QED) is 0.731. The molecule has 0 aliphatic heterocycles. The highest BCUT2D eigenvalue weighted by molar-refractivity contribution is 6.34. The van der Waals surface area contributed by atoms with Crippen molar-refractivity contribution < 1.29 is 19.2 Å². The zero-order valence-electron chi connectivity index (χ0n) is 5.50. The minimum absolute atomic E-state index is 0.0935. The molecule has 5 nitrogen and oxygen atoms in total. The third-order valence-corrected chi connectivity index (χ3v) is 1.33. The molecule has 0 saturated heterocycles. The summed E-state index contributed by atoms with van der Waals surface area (Å²) in [5, 5.41) is 11.4. The average molecular weight is 178 g/mol. The summed E-state index contributed by atoms with van der Waals surface area (Å²) in [5.74, 6) is -1.34. The van der Waals surface area contributed by atoms with Gasteiger partial charge in [-0.3, -0.25) is 0 Å². The number of aromatic nitrogens is 1. The number of halogens is 1. The van der Waals surface area contributed by atoms with Crippen LogP contribution in [-0.4, -0.2) is 23.3 Å². The van der Waals surface area contributed by atoms with Crippen molar-refractivity contribution in [3.63, 3.8) is 0 Å². The van der Waals surface area contributed by atoms with E-state index in [9.17, 15) is 4.79 Å². The molecule has 0 aliphatic carbocycles. The highest BCUT2D eigenvalue weighted by Crippen LogP contribution is 2.27. The molecule has 0 radical (unpaired) electrons. The van der Waals surface area contributed by atoms with E-state index in [1.165, 1.54) is 7.11 Å². The summed E-state index contributed by atoms with van der Waals surface area (Å²) in [5.41, 5.74) is -0.344. The van der Waals surface area contributed by atoms with E-state index in [1.54, 1.807) is 0 Å². The molecule has 0 spiro atoms. The summed E-state index contributed by atoms with van der Waals surface area (Å²) in [6.45, 7) is 0. The maximum absolute atomic E-state index is 10.3. The van der Waals surface area contributed by atoms with Gasteiger partial charge >= 0.3 is 11.9 Å². The predicted molar refractivity (Wildman–Crippen MR) is 35.0 cm³/mol. The van der Waals surface area contributed by atoms with Crippen LogP contribution >= 0.6 is 11.6 Å². The van der Waals surface area contributed by atoms with E-state index in [4.69, 9.17) is 16.7 Å². The van der Waals surface area contributed by atoms with Gasteiger partial charge in [0.15, 0.2) is 5.02 Å². The van der Waals surface area contributed by atoms with Gasteiger partial charge in [-0.1, -0.05) is 16.8 Å². The van der Waals surface area contributed by atoms with Gasteiger partial charge in [0.2, 0.25) is 5.69 Å². The van der Waals surface area contributed by atoms with Gasteiger partial charge in [0, 0.05) is 0 Å². The lowest BCUT2D eigenvalue weighted by Crippen LogP contribution is -1.96. The van der Waals surface area contributed by atoms with Gasteiger partial charge in [0.25, 0.3) is 0 Å². The normalized spacial score (nSPS) is 9.64. The van der Waals surface area contributed by atoms with Crippen LogP contribution < -0.4 is 4.74 Å². The fourth-order valence-corrected chi connectivity index (χ4v) is 0.751. The smallest absolute Gasteiger partial charge is 0.359 e. The molecular formula is C5H4ClNO4. The third-order valence-electron chi connectivity index (χ3n) is 0.995. The van der Waals surface area contributed by atoms with Crippen molar-refractivity contribution in [1.29, 1.82) is 0 Å². The topological polar surface area (TPSA) is 72.6 Å². The van der Waals surface area contributed by atoms with E-state index in [-0.39, 0.29) is 16.7 Å². The van der Waals surface area contributed by atoms with Crippen molar-refractivity contribution in [2.75, 3.05) is 7.11 Å². The van der Waals surface area contributed by atoms with Crippen LogP contribution in [0.5, 0.6) is 5.95 Å². The first-order valence-corrected chi connectivity index (χ1v) is 2.97. The van der Waals surface area contributed by atoms with E-state index in [1.807, 2.05) is 0 Å². The molecule has 1 rings (SSSR count). The molecule has 0 amide bonds. The maximum Gasteiger partial charge on any atom is 0.359 e. The Hall–Kier alpha value is -1.23. The molecule has 1 heterocycles. The highest BCUT2D eigenvalue weighted by atomic mass is 35.5. The first-order chi connectivity index (χ1) is 5.16. The number of nitrogens with zero attached hydrogens (tertiary/aromatic N) is 1. The first-order valence-electron chi connectivity index (χ1n) is 2.59. The molecule has 0 saturated carbocycles. The lowest BCUT2D eigenvalue weighted by atomic mass is 10.4. The van der Waals surface area contributed by atoms with E-state index in [0.717, 1.165) is 0 Å². The summed E-state index contributed by atoms with van der Waals surface area (Å²) in [6.07, 6.45) is 0. The summed E-state index contributed by atoms with van der Waals surface area (Å²) in [6, 6.07) is 0. The van der Waals surface area contributed by atoms with E-state index >= 15 is 0 Å². The predicted octanol–water partition coefficient (Wildman–Crippen LogP) is 1.03. The second-order valence-electron chi connectivity index (χ2n) is 1.64. The van der Waals surface area contributed by atoms with Gasteiger partial charge in [-0.05, 0) is 0 Å². The van der Waals surface area contributed by atoms with E-state index < -0.39 is 5.97 Å². The van der Waals surface area contributed by atoms with Gasteiger partial charge < -0.3 is 14.4 Å². The minimum atomic E-state index is -1.25. The summed E-state index contributed by atoms with van der Waals surface area (Å²) in [7, 11) is 1.30. The van der Waals surface area contributed by atoms with Crippen LogP contribution in [-0.2, 0) is 0 Å². The molecule has 0 atom stereocenters. The standard InChI is InChI=1S/C5H4ClNO4/c1-10-5-2(6)3(4(8)9)7-11-5/h1H3,(H,8,9). The molecule has 0 fully saturated rings. The van der Waals surface area contributed by atoms with Gasteiger partial charge in [0.05, 0.1) is 7.11 Å². The lowest BCUT2D eigenvalue weighted by Gasteiger charge is -1.88. The van der Waals surface area contributed by atoms with Crippen molar-refractivity contribution in [2.45, 2.75) is 0 Å². The molecule has 1 N–H and O–H groups in total. The Morgan fingerprint density at radius 1 is 1.82 bits per heavy atom. The van der Waals surface area contributed by atoms with E-state index in [2.05, 4.69) is 14.4 Å². The van der Waals surface area contributed by atoms with Crippen molar-refractivity contribution >= 4 is 17.6 Å². The SMILES string of the molecule is COc1onc(C(=O)O)c1Cl. The fourth-order valence-electron chi connectivity index (χ4n) is 0.524. The van der Waals surface area contributed by atoms with Crippen LogP contribution in [0.1, 0.15) is 10.5 Å². The number of aromatic carboxylic acids is 1. The Kier molecular flexibility index (Phi) is 2.00. The van der Waals surface area contributed by atoms with E-state index in [0.29, 0.717) is 0 Å². The monoisotopic (exact) mass is 177 g/mol. The fraction of sp³-hybridized carbons (Fsp3) is 0.200. The molecule has 0 bridgehead atoms. The van der Waals surface area contributed by atoms with Gasteiger partial charge in [-0.15, -0.1) is 0 Å².